The lowest BCUT2D eigenvalue weighted by molar-refractivity contribution is -0.161. The van der Waals surface area contributed by atoms with E-state index in [0.29, 0.717) is 19.3 Å². The summed E-state index contributed by atoms with van der Waals surface area (Å²) < 4.78 is 10.0. The zero-order valence-electron chi connectivity index (χ0n) is 12.1. The fourth-order valence-electron chi connectivity index (χ4n) is 2.38. The van der Waals surface area contributed by atoms with Gasteiger partial charge in [0.2, 0.25) is 0 Å². The fraction of sp³-hybridized carbons (Fsp3) is 0.667. The molecule has 1 atom stereocenters. The maximum absolute atomic E-state index is 12.2. The fourth-order valence-corrected chi connectivity index (χ4v) is 2.38. The van der Waals surface area contributed by atoms with E-state index in [2.05, 4.69) is 0 Å². The first-order valence-electron chi connectivity index (χ1n) is 7.02. The topological polar surface area (TPSA) is 69.7 Å². The quantitative estimate of drug-likeness (QED) is 0.406. The Bertz CT molecular complexity index is 399. The molecule has 0 saturated heterocycles. The highest BCUT2D eigenvalue weighted by Crippen LogP contribution is 2.39. The van der Waals surface area contributed by atoms with Gasteiger partial charge >= 0.3 is 11.9 Å². The molecule has 1 unspecified atom stereocenters. The third kappa shape index (κ3) is 4.18. The maximum atomic E-state index is 12.2. The molecule has 0 amide bonds. The first-order chi connectivity index (χ1) is 9.53. The molecule has 0 spiro atoms. The van der Waals surface area contributed by atoms with Crippen molar-refractivity contribution < 1.29 is 23.9 Å². The average molecular weight is 282 g/mol. The van der Waals surface area contributed by atoms with Crippen molar-refractivity contribution in [2.24, 2.45) is 5.41 Å². The molecule has 0 aromatic rings. The molecule has 5 heteroatoms. The van der Waals surface area contributed by atoms with E-state index in [1.165, 1.54) is 6.92 Å². The monoisotopic (exact) mass is 282 g/mol. The van der Waals surface area contributed by atoms with Crippen molar-refractivity contribution in [2.75, 3.05) is 13.2 Å². The lowest BCUT2D eigenvalue weighted by Gasteiger charge is -2.24. The first kappa shape index (κ1) is 16.4. The van der Waals surface area contributed by atoms with Crippen LogP contribution in [0.4, 0.5) is 0 Å². The van der Waals surface area contributed by atoms with Crippen molar-refractivity contribution in [1.29, 1.82) is 0 Å². The Kier molecular flexibility index (Phi) is 6.42. The van der Waals surface area contributed by atoms with Crippen LogP contribution in [0.15, 0.2) is 12.2 Å². The summed E-state index contributed by atoms with van der Waals surface area (Å²) in [5, 5.41) is 0. The van der Waals surface area contributed by atoms with Crippen LogP contribution in [0.25, 0.3) is 0 Å². The van der Waals surface area contributed by atoms with E-state index in [1.807, 2.05) is 13.0 Å². The summed E-state index contributed by atoms with van der Waals surface area (Å²) in [6.07, 6.45) is 6.28. The second-order valence-electron chi connectivity index (χ2n) is 4.93. The highest BCUT2D eigenvalue weighted by molar-refractivity contribution is 6.05. The summed E-state index contributed by atoms with van der Waals surface area (Å²) in [4.78, 5) is 35.0. The number of ketones is 1. The number of allylic oxidation sites excluding steroid dienone is 1. The van der Waals surface area contributed by atoms with Crippen LogP contribution in [-0.2, 0) is 23.9 Å². The normalized spacial score (nSPS) is 22.2. The van der Waals surface area contributed by atoms with E-state index >= 15 is 0 Å². The minimum Gasteiger partial charge on any atom is -0.466 e. The zero-order chi connectivity index (χ0) is 15.0. The van der Waals surface area contributed by atoms with Crippen molar-refractivity contribution in [3.8, 4) is 0 Å². The Morgan fingerprint density at radius 1 is 1.30 bits per heavy atom. The standard InChI is InChI=1S/C15H22O5/c1-3-4-5-10-20-14(18)15(8-6-7-13(15)17)9-11-19-12(2)16/h4-5H,3,6-11H2,1-2H3. The van der Waals surface area contributed by atoms with Gasteiger partial charge in [0.1, 0.15) is 17.8 Å². The highest BCUT2D eigenvalue weighted by atomic mass is 16.5. The number of carbonyl (C=O) groups is 3. The molecule has 0 aromatic heterocycles. The van der Waals surface area contributed by atoms with Crippen LogP contribution in [0.5, 0.6) is 0 Å². The van der Waals surface area contributed by atoms with Gasteiger partial charge in [0.25, 0.3) is 0 Å². The van der Waals surface area contributed by atoms with E-state index in [-0.39, 0.29) is 25.4 Å². The van der Waals surface area contributed by atoms with E-state index in [0.717, 1.165) is 6.42 Å². The summed E-state index contributed by atoms with van der Waals surface area (Å²) in [7, 11) is 0. The molecular formula is C15H22O5. The molecule has 5 nitrogen and oxygen atoms in total. The summed E-state index contributed by atoms with van der Waals surface area (Å²) in [5.74, 6) is -1.01. The molecule has 0 aromatic carbocycles. The summed E-state index contributed by atoms with van der Waals surface area (Å²) in [5.41, 5.74) is -1.12. The second kappa shape index (κ2) is 7.82. The molecule has 1 fully saturated rings. The van der Waals surface area contributed by atoms with Crippen LogP contribution in [0.2, 0.25) is 0 Å². The molecule has 20 heavy (non-hydrogen) atoms. The van der Waals surface area contributed by atoms with Crippen molar-refractivity contribution >= 4 is 17.7 Å². The molecule has 0 N–H and O–H groups in total. The summed E-state index contributed by atoms with van der Waals surface area (Å²) >= 11 is 0. The van der Waals surface area contributed by atoms with Crippen LogP contribution >= 0.6 is 0 Å². The predicted octanol–water partition coefficient (Wildman–Crippen LogP) is 2.19. The zero-order valence-corrected chi connectivity index (χ0v) is 12.1. The Morgan fingerprint density at radius 2 is 2.05 bits per heavy atom. The minimum absolute atomic E-state index is 0.0704. The molecule has 0 heterocycles. The van der Waals surface area contributed by atoms with Crippen LogP contribution in [0.3, 0.4) is 0 Å². The molecule has 1 aliphatic rings. The van der Waals surface area contributed by atoms with Crippen LogP contribution in [0, 0.1) is 5.41 Å². The van der Waals surface area contributed by atoms with Gasteiger partial charge in [0.05, 0.1) is 6.61 Å². The van der Waals surface area contributed by atoms with Crippen molar-refractivity contribution in [2.45, 2.75) is 46.0 Å². The number of hydrogen-bond donors (Lipinski definition) is 0. The highest BCUT2D eigenvalue weighted by Gasteiger charge is 2.49. The van der Waals surface area contributed by atoms with Gasteiger partial charge in [-0.2, -0.15) is 0 Å². The van der Waals surface area contributed by atoms with E-state index < -0.39 is 17.4 Å². The van der Waals surface area contributed by atoms with Crippen molar-refractivity contribution in [1.82, 2.24) is 0 Å². The SMILES string of the molecule is CCC=CCOC(=O)C1(CCOC(C)=O)CCCC1=O. The Hall–Kier alpha value is -1.65. The summed E-state index contributed by atoms with van der Waals surface area (Å²) in [6, 6.07) is 0. The van der Waals surface area contributed by atoms with Gasteiger partial charge in [-0.05, 0) is 19.3 Å². The number of ether oxygens (including phenoxy) is 2. The van der Waals surface area contributed by atoms with Gasteiger partial charge in [-0.25, -0.2) is 0 Å². The molecular weight excluding hydrogens is 260 g/mol. The molecule has 0 radical (unpaired) electrons. The van der Waals surface area contributed by atoms with Crippen molar-refractivity contribution in [3.05, 3.63) is 12.2 Å². The van der Waals surface area contributed by atoms with Gasteiger partial charge in [0, 0.05) is 19.8 Å². The molecule has 1 rings (SSSR count). The van der Waals surface area contributed by atoms with Gasteiger partial charge in [-0.1, -0.05) is 19.1 Å². The molecule has 1 aliphatic carbocycles. The van der Waals surface area contributed by atoms with E-state index in [4.69, 9.17) is 9.47 Å². The number of hydrogen-bond acceptors (Lipinski definition) is 5. The maximum Gasteiger partial charge on any atom is 0.320 e. The summed E-state index contributed by atoms with van der Waals surface area (Å²) in [6.45, 7) is 3.53. The number of esters is 2. The number of rotatable bonds is 7. The van der Waals surface area contributed by atoms with E-state index in [1.54, 1.807) is 6.08 Å². The first-order valence-corrected chi connectivity index (χ1v) is 7.02. The Balaban J connectivity index is 2.63. The lowest BCUT2D eigenvalue weighted by Crippen LogP contribution is -2.38. The van der Waals surface area contributed by atoms with Crippen LogP contribution in [0.1, 0.15) is 46.0 Å². The van der Waals surface area contributed by atoms with E-state index in [9.17, 15) is 14.4 Å². The molecule has 0 bridgehead atoms. The predicted molar refractivity (Wildman–Crippen MR) is 72.9 cm³/mol. The Labute approximate surface area is 119 Å². The number of Topliss-reactive ketones (excluding diaryl/α,β-unsaturated/α-hetero) is 1. The smallest absolute Gasteiger partial charge is 0.320 e. The van der Waals surface area contributed by atoms with Gasteiger partial charge in [-0.15, -0.1) is 0 Å². The average Bonchev–Trinajstić information content (AvgIpc) is 2.77. The molecule has 112 valence electrons. The third-order valence-corrected chi connectivity index (χ3v) is 3.48. The van der Waals surface area contributed by atoms with Crippen LogP contribution < -0.4 is 0 Å². The lowest BCUT2D eigenvalue weighted by atomic mass is 9.82. The molecule has 0 aliphatic heterocycles. The minimum atomic E-state index is -1.12. The number of carbonyl (C=O) groups excluding carboxylic acids is 3. The van der Waals surface area contributed by atoms with Gasteiger partial charge in [0.15, 0.2) is 0 Å². The van der Waals surface area contributed by atoms with Gasteiger partial charge < -0.3 is 9.47 Å². The molecule has 1 saturated carbocycles. The third-order valence-electron chi connectivity index (χ3n) is 3.48. The largest absolute Gasteiger partial charge is 0.466 e. The second-order valence-corrected chi connectivity index (χ2v) is 4.93. The Morgan fingerprint density at radius 3 is 2.60 bits per heavy atom. The van der Waals surface area contributed by atoms with Gasteiger partial charge in [-0.3, -0.25) is 14.4 Å². The van der Waals surface area contributed by atoms with Crippen molar-refractivity contribution in [3.63, 3.8) is 0 Å². The van der Waals surface area contributed by atoms with Crippen LogP contribution in [-0.4, -0.2) is 30.9 Å².